The van der Waals surface area contributed by atoms with Gasteiger partial charge in [0, 0.05) is 11.3 Å². The maximum Gasteiger partial charge on any atom is 0.326 e. The molecule has 0 aliphatic carbocycles. The summed E-state index contributed by atoms with van der Waals surface area (Å²) in [6.07, 6.45) is 0.582. The van der Waals surface area contributed by atoms with Gasteiger partial charge < -0.3 is 10.4 Å². The summed E-state index contributed by atoms with van der Waals surface area (Å²) in [7, 11) is 0. The predicted octanol–water partition coefficient (Wildman–Crippen LogP) is 3.12. The normalized spacial score (nSPS) is 12.3. The molecule has 1 aromatic carbocycles. The lowest BCUT2D eigenvalue weighted by molar-refractivity contribution is -0.138. The zero-order valence-electron chi connectivity index (χ0n) is 11.4. The van der Waals surface area contributed by atoms with Gasteiger partial charge in [-0.2, -0.15) is 0 Å². The fourth-order valence-corrected chi connectivity index (χ4v) is 2.49. The van der Waals surface area contributed by atoms with Crippen LogP contribution in [0.3, 0.4) is 0 Å². The molecule has 2 rings (SSSR count). The molecular formula is C14H17N3O2S. The number of benzene rings is 1. The first-order chi connectivity index (χ1) is 9.56. The van der Waals surface area contributed by atoms with Crippen molar-refractivity contribution in [2.75, 3.05) is 5.32 Å². The van der Waals surface area contributed by atoms with Gasteiger partial charge in [0.05, 0.1) is 0 Å². The van der Waals surface area contributed by atoms with Crippen LogP contribution in [0.2, 0.25) is 0 Å². The van der Waals surface area contributed by atoms with Crippen molar-refractivity contribution in [2.24, 2.45) is 5.92 Å². The summed E-state index contributed by atoms with van der Waals surface area (Å²) in [5.74, 6) is -0.519. The molecular weight excluding hydrogens is 274 g/mol. The van der Waals surface area contributed by atoms with Crippen molar-refractivity contribution in [3.8, 4) is 10.6 Å². The van der Waals surface area contributed by atoms with E-state index in [0.29, 0.717) is 12.3 Å². The number of hydrogen-bond donors (Lipinski definition) is 2. The molecule has 0 radical (unpaired) electrons. The monoisotopic (exact) mass is 291 g/mol. The summed E-state index contributed by atoms with van der Waals surface area (Å²) >= 11 is 1.45. The van der Waals surface area contributed by atoms with Gasteiger partial charge in [-0.3, -0.25) is 0 Å². The van der Waals surface area contributed by atoms with Crippen LogP contribution in [-0.4, -0.2) is 27.3 Å². The number of rotatable bonds is 6. The van der Waals surface area contributed by atoms with Crippen molar-refractivity contribution in [3.63, 3.8) is 0 Å². The van der Waals surface area contributed by atoms with E-state index in [0.717, 1.165) is 16.3 Å². The molecule has 0 aliphatic heterocycles. The highest BCUT2D eigenvalue weighted by Crippen LogP contribution is 2.24. The van der Waals surface area contributed by atoms with Gasteiger partial charge in [-0.05, 0) is 24.5 Å². The van der Waals surface area contributed by atoms with Crippen molar-refractivity contribution in [2.45, 2.75) is 26.3 Å². The first-order valence-electron chi connectivity index (χ1n) is 6.42. The molecule has 5 nitrogen and oxygen atoms in total. The van der Waals surface area contributed by atoms with Crippen molar-refractivity contribution in [3.05, 3.63) is 29.8 Å². The van der Waals surface area contributed by atoms with Gasteiger partial charge in [-0.25, -0.2) is 4.79 Å². The van der Waals surface area contributed by atoms with Crippen molar-refractivity contribution < 1.29 is 9.90 Å². The molecule has 0 saturated heterocycles. The second-order valence-corrected chi connectivity index (χ2v) is 5.82. The summed E-state index contributed by atoms with van der Waals surface area (Å²) in [5.41, 5.74) is 3.39. The molecule has 1 aromatic heterocycles. The zero-order chi connectivity index (χ0) is 14.5. The number of hydrogen-bond acceptors (Lipinski definition) is 5. The number of carboxylic acids is 1. The molecule has 1 atom stereocenters. The van der Waals surface area contributed by atoms with Gasteiger partial charge in [-0.1, -0.05) is 37.3 Å². The first kappa shape index (κ1) is 14.5. The summed E-state index contributed by atoms with van der Waals surface area (Å²) < 4.78 is 0. The van der Waals surface area contributed by atoms with Crippen LogP contribution < -0.4 is 5.32 Å². The highest BCUT2D eigenvalue weighted by atomic mass is 32.1. The molecule has 6 heteroatoms. The Hall–Kier alpha value is -1.95. The Kier molecular flexibility index (Phi) is 4.68. The third-order valence-electron chi connectivity index (χ3n) is 2.82. The van der Waals surface area contributed by atoms with E-state index in [9.17, 15) is 9.90 Å². The number of nitrogens with zero attached hydrogens (tertiary/aromatic N) is 2. The number of carbonyl (C=O) groups is 1. The van der Waals surface area contributed by atoms with Gasteiger partial charge in [0.15, 0.2) is 0 Å². The highest BCUT2D eigenvalue weighted by molar-refractivity contribution is 7.12. The Bertz CT molecular complexity index is 570. The molecule has 0 unspecified atom stereocenters. The number of aromatic nitrogens is 2. The molecule has 20 heavy (non-hydrogen) atoms. The average molecular weight is 291 g/mol. The summed E-state index contributed by atoms with van der Waals surface area (Å²) in [6, 6.07) is 6.99. The Labute approximate surface area is 121 Å². The molecule has 0 spiro atoms. The van der Waals surface area contributed by atoms with E-state index in [2.05, 4.69) is 15.5 Å². The lowest BCUT2D eigenvalue weighted by atomic mass is 10.0. The molecule has 0 saturated carbocycles. The largest absolute Gasteiger partial charge is 0.480 e. The fourth-order valence-electron chi connectivity index (χ4n) is 1.93. The van der Waals surface area contributed by atoms with Crippen molar-refractivity contribution in [1.29, 1.82) is 0 Å². The van der Waals surface area contributed by atoms with E-state index < -0.39 is 12.0 Å². The van der Waals surface area contributed by atoms with Crippen LogP contribution in [0.25, 0.3) is 10.6 Å². The SMILES string of the molecule is CC(C)C[C@@H](Nc1cccc(-c2nncs2)c1)C(=O)O. The first-order valence-corrected chi connectivity index (χ1v) is 7.30. The Morgan fingerprint density at radius 1 is 1.45 bits per heavy atom. The van der Waals surface area contributed by atoms with Crippen LogP contribution in [0.5, 0.6) is 0 Å². The van der Waals surface area contributed by atoms with Gasteiger partial charge in [0.2, 0.25) is 0 Å². The Morgan fingerprint density at radius 3 is 2.85 bits per heavy atom. The van der Waals surface area contributed by atoms with Crippen LogP contribution in [0.4, 0.5) is 5.69 Å². The lowest BCUT2D eigenvalue weighted by Gasteiger charge is -2.18. The highest BCUT2D eigenvalue weighted by Gasteiger charge is 2.18. The van der Waals surface area contributed by atoms with Crippen LogP contribution in [-0.2, 0) is 4.79 Å². The Morgan fingerprint density at radius 2 is 2.25 bits per heavy atom. The minimum absolute atomic E-state index is 0.315. The van der Waals surface area contributed by atoms with E-state index >= 15 is 0 Å². The molecule has 0 aliphatic rings. The maximum absolute atomic E-state index is 11.3. The third kappa shape index (κ3) is 3.77. The van der Waals surface area contributed by atoms with Crippen LogP contribution >= 0.6 is 11.3 Å². The van der Waals surface area contributed by atoms with Gasteiger partial charge >= 0.3 is 5.97 Å². The van der Waals surface area contributed by atoms with E-state index in [1.165, 1.54) is 11.3 Å². The molecule has 0 fully saturated rings. The molecule has 0 bridgehead atoms. The minimum atomic E-state index is -0.833. The zero-order valence-corrected chi connectivity index (χ0v) is 12.2. The molecule has 0 amide bonds. The Balaban J connectivity index is 2.16. The number of aliphatic carboxylic acids is 1. The van der Waals surface area contributed by atoms with Crippen LogP contribution in [0.1, 0.15) is 20.3 Å². The number of anilines is 1. The smallest absolute Gasteiger partial charge is 0.326 e. The quantitative estimate of drug-likeness (QED) is 0.855. The lowest BCUT2D eigenvalue weighted by Crippen LogP contribution is -2.30. The second kappa shape index (κ2) is 6.47. The fraction of sp³-hybridized carbons (Fsp3) is 0.357. The topological polar surface area (TPSA) is 75.1 Å². The van der Waals surface area contributed by atoms with Crippen LogP contribution in [0, 0.1) is 5.92 Å². The van der Waals surface area contributed by atoms with E-state index in [-0.39, 0.29) is 0 Å². The second-order valence-electron chi connectivity index (χ2n) is 4.99. The predicted molar refractivity (Wildman–Crippen MR) is 79.8 cm³/mol. The molecule has 2 N–H and O–H groups in total. The molecule has 1 heterocycles. The summed E-state index contributed by atoms with van der Waals surface area (Å²) in [6.45, 7) is 4.02. The standard InChI is InChI=1S/C14H17N3O2S/c1-9(2)6-12(14(18)19)16-11-5-3-4-10(7-11)13-17-15-8-20-13/h3-5,7-9,12,16H,6H2,1-2H3,(H,18,19)/t12-/m1/s1. The maximum atomic E-state index is 11.3. The third-order valence-corrected chi connectivity index (χ3v) is 3.56. The average Bonchev–Trinajstić information content (AvgIpc) is 2.91. The van der Waals surface area contributed by atoms with E-state index in [1.54, 1.807) is 5.51 Å². The van der Waals surface area contributed by atoms with E-state index in [4.69, 9.17) is 0 Å². The van der Waals surface area contributed by atoms with Crippen LogP contribution in [0.15, 0.2) is 29.8 Å². The number of nitrogens with one attached hydrogen (secondary N) is 1. The van der Waals surface area contributed by atoms with E-state index in [1.807, 2.05) is 38.1 Å². The summed E-state index contributed by atoms with van der Waals surface area (Å²) in [4.78, 5) is 11.3. The molecule has 2 aromatic rings. The summed E-state index contributed by atoms with van der Waals surface area (Å²) in [5, 5.41) is 21.0. The minimum Gasteiger partial charge on any atom is -0.480 e. The van der Waals surface area contributed by atoms with Crippen molar-refractivity contribution >= 4 is 23.0 Å². The van der Waals surface area contributed by atoms with Gasteiger partial charge in [-0.15, -0.1) is 10.2 Å². The number of carboxylic acid groups (broad SMARTS) is 1. The van der Waals surface area contributed by atoms with Gasteiger partial charge in [0.25, 0.3) is 0 Å². The van der Waals surface area contributed by atoms with Crippen molar-refractivity contribution in [1.82, 2.24) is 10.2 Å². The molecule has 106 valence electrons. The van der Waals surface area contributed by atoms with Gasteiger partial charge in [0.1, 0.15) is 16.6 Å².